The number of rotatable bonds is 5. The van der Waals surface area contributed by atoms with Gasteiger partial charge in [-0.15, -0.1) is 0 Å². The highest BCUT2D eigenvalue weighted by Crippen LogP contribution is 2.38. The lowest BCUT2D eigenvalue weighted by atomic mass is 10.1. The van der Waals surface area contributed by atoms with Gasteiger partial charge in [0.1, 0.15) is 11.6 Å². The van der Waals surface area contributed by atoms with Crippen molar-refractivity contribution in [2.24, 2.45) is 0 Å². The molecule has 0 bridgehead atoms. The van der Waals surface area contributed by atoms with Crippen LogP contribution in [0.2, 0.25) is 0 Å². The summed E-state index contributed by atoms with van der Waals surface area (Å²) in [6.07, 6.45) is 0. The number of carbonyl (C=O) groups excluding carboxylic acids is 2. The van der Waals surface area contributed by atoms with Gasteiger partial charge in [-0.05, 0) is 49.6 Å². The standard InChI is InChI=1S/C21H23FN6O3S/c1-12-17-18(27(10-11-29)14(3)30)24-19(20-23-13(2)25-32-20)28(17)9-8-26(12)21(31)15-4-6-16(22)7-5-15/h4-7,12,29H,8-11H2,1-3H3. The third kappa shape index (κ3) is 3.89. The lowest BCUT2D eigenvalue weighted by Crippen LogP contribution is -2.42. The fourth-order valence-electron chi connectivity index (χ4n) is 3.94. The van der Waals surface area contributed by atoms with E-state index in [1.54, 1.807) is 11.8 Å². The average molecular weight is 459 g/mol. The van der Waals surface area contributed by atoms with E-state index in [9.17, 15) is 19.1 Å². The Kier molecular flexibility index (Phi) is 6.02. The molecule has 2 amide bonds. The third-order valence-electron chi connectivity index (χ3n) is 5.45. The van der Waals surface area contributed by atoms with Crippen LogP contribution < -0.4 is 4.90 Å². The van der Waals surface area contributed by atoms with Crippen LogP contribution in [0.15, 0.2) is 24.3 Å². The van der Waals surface area contributed by atoms with E-state index in [1.807, 2.05) is 11.5 Å². The van der Waals surface area contributed by atoms with Crippen LogP contribution >= 0.6 is 11.5 Å². The van der Waals surface area contributed by atoms with Gasteiger partial charge < -0.3 is 14.6 Å². The molecular formula is C21H23FN6O3S. The first-order valence-electron chi connectivity index (χ1n) is 10.2. The van der Waals surface area contributed by atoms with Gasteiger partial charge in [0, 0.05) is 25.6 Å². The number of anilines is 1. The summed E-state index contributed by atoms with van der Waals surface area (Å²) in [5.41, 5.74) is 1.06. The molecule has 0 spiro atoms. The summed E-state index contributed by atoms with van der Waals surface area (Å²) in [5, 5.41) is 10.1. The van der Waals surface area contributed by atoms with Gasteiger partial charge in [-0.1, -0.05) is 0 Å². The highest BCUT2D eigenvalue weighted by molar-refractivity contribution is 7.09. The molecule has 11 heteroatoms. The molecule has 1 aliphatic rings. The van der Waals surface area contributed by atoms with Crippen LogP contribution in [0.3, 0.4) is 0 Å². The van der Waals surface area contributed by atoms with E-state index in [4.69, 9.17) is 4.98 Å². The molecule has 0 aliphatic carbocycles. The van der Waals surface area contributed by atoms with Crippen LogP contribution in [0.4, 0.5) is 10.2 Å². The lowest BCUT2D eigenvalue weighted by molar-refractivity contribution is -0.116. The van der Waals surface area contributed by atoms with Crippen molar-refractivity contribution in [3.8, 4) is 10.8 Å². The van der Waals surface area contributed by atoms with Crippen molar-refractivity contribution in [2.45, 2.75) is 33.4 Å². The van der Waals surface area contributed by atoms with Crippen molar-refractivity contribution in [3.05, 3.63) is 47.2 Å². The molecule has 32 heavy (non-hydrogen) atoms. The minimum absolute atomic E-state index is 0.0760. The predicted molar refractivity (Wildman–Crippen MR) is 117 cm³/mol. The number of benzene rings is 1. The lowest BCUT2D eigenvalue weighted by Gasteiger charge is -2.36. The SMILES string of the molecule is CC(=O)N(CCO)c1nc(-c2nc(C)ns2)n2c1C(C)N(C(=O)c1ccc(F)cc1)CC2. The second-order valence-electron chi connectivity index (χ2n) is 7.52. The maximum Gasteiger partial charge on any atom is 0.254 e. The highest BCUT2D eigenvalue weighted by atomic mass is 32.1. The van der Waals surface area contributed by atoms with E-state index in [1.165, 1.54) is 47.6 Å². The van der Waals surface area contributed by atoms with Gasteiger partial charge in [0.15, 0.2) is 16.6 Å². The zero-order valence-corrected chi connectivity index (χ0v) is 18.8. The van der Waals surface area contributed by atoms with Crippen molar-refractivity contribution >= 4 is 29.2 Å². The number of halogens is 1. The number of carbonyl (C=O) groups is 2. The Morgan fingerprint density at radius 2 is 1.97 bits per heavy atom. The third-order valence-corrected chi connectivity index (χ3v) is 6.25. The van der Waals surface area contributed by atoms with E-state index in [0.717, 1.165) is 0 Å². The number of aryl methyl sites for hydroxylation is 1. The van der Waals surface area contributed by atoms with Crippen LogP contribution in [0, 0.1) is 12.7 Å². The van der Waals surface area contributed by atoms with Gasteiger partial charge in [0.05, 0.1) is 24.9 Å². The number of fused-ring (bicyclic) bond motifs is 1. The molecule has 1 aromatic carbocycles. The van der Waals surface area contributed by atoms with Crippen LogP contribution in [0.25, 0.3) is 10.8 Å². The van der Waals surface area contributed by atoms with Gasteiger partial charge in [-0.2, -0.15) is 4.37 Å². The monoisotopic (exact) mass is 458 g/mol. The van der Waals surface area contributed by atoms with Gasteiger partial charge in [-0.25, -0.2) is 14.4 Å². The van der Waals surface area contributed by atoms with Crippen LogP contribution in [0.5, 0.6) is 0 Å². The van der Waals surface area contributed by atoms with E-state index in [0.29, 0.717) is 46.8 Å². The Labute approximate surface area is 188 Å². The molecule has 3 heterocycles. The fourth-order valence-corrected chi connectivity index (χ4v) is 4.61. The molecule has 4 rings (SSSR count). The number of imidazole rings is 1. The molecule has 3 aromatic rings. The first-order chi connectivity index (χ1) is 15.3. The summed E-state index contributed by atoms with van der Waals surface area (Å²) in [5.74, 6) is 0.672. The van der Waals surface area contributed by atoms with Crippen molar-refractivity contribution < 1.29 is 19.1 Å². The topological polar surface area (TPSA) is 104 Å². The van der Waals surface area contributed by atoms with E-state index in [-0.39, 0.29) is 25.0 Å². The molecule has 0 saturated carbocycles. The van der Waals surface area contributed by atoms with Gasteiger partial charge >= 0.3 is 0 Å². The number of aliphatic hydroxyl groups excluding tert-OH is 1. The zero-order chi connectivity index (χ0) is 23.0. The predicted octanol–water partition coefficient (Wildman–Crippen LogP) is 2.41. The molecule has 1 aliphatic heterocycles. The first-order valence-corrected chi connectivity index (χ1v) is 11.0. The Morgan fingerprint density at radius 1 is 1.25 bits per heavy atom. The number of hydrogen-bond donors (Lipinski definition) is 1. The molecule has 2 aromatic heterocycles. The van der Waals surface area contributed by atoms with Crippen LogP contribution in [-0.2, 0) is 11.3 Å². The fraction of sp³-hybridized carbons (Fsp3) is 0.381. The van der Waals surface area contributed by atoms with Crippen molar-refractivity contribution in [1.29, 1.82) is 0 Å². The molecule has 0 radical (unpaired) electrons. The molecule has 1 atom stereocenters. The molecular weight excluding hydrogens is 435 g/mol. The normalized spacial score (nSPS) is 15.5. The van der Waals surface area contributed by atoms with Gasteiger partial charge in [-0.3, -0.25) is 14.5 Å². The maximum atomic E-state index is 13.3. The minimum atomic E-state index is -0.424. The largest absolute Gasteiger partial charge is 0.395 e. The zero-order valence-electron chi connectivity index (χ0n) is 17.9. The molecule has 0 saturated heterocycles. The summed E-state index contributed by atoms with van der Waals surface area (Å²) >= 11 is 1.22. The number of amides is 2. The Morgan fingerprint density at radius 3 is 2.56 bits per heavy atom. The van der Waals surface area contributed by atoms with E-state index in [2.05, 4.69) is 9.36 Å². The summed E-state index contributed by atoms with van der Waals surface area (Å²) in [7, 11) is 0. The molecule has 1 unspecified atom stereocenters. The Balaban J connectivity index is 1.80. The summed E-state index contributed by atoms with van der Waals surface area (Å²) < 4.78 is 19.5. The molecule has 0 fully saturated rings. The van der Waals surface area contributed by atoms with Gasteiger partial charge in [0.2, 0.25) is 5.91 Å². The number of hydrogen-bond acceptors (Lipinski definition) is 7. The second-order valence-corrected chi connectivity index (χ2v) is 8.27. The first kappa shape index (κ1) is 22.0. The van der Waals surface area contributed by atoms with Gasteiger partial charge in [0.25, 0.3) is 5.91 Å². The van der Waals surface area contributed by atoms with E-state index < -0.39 is 11.9 Å². The second kappa shape index (κ2) is 8.75. The van der Waals surface area contributed by atoms with Crippen molar-refractivity contribution in [2.75, 3.05) is 24.6 Å². The Hall–Kier alpha value is -3.18. The van der Waals surface area contributed by atoms with Crippen molar-refractivity contribution in [3.63, 3.8) is 0 Å². The molecule has 1 N–H and O–H groups in total. The minimum Gasteiger partial charge on any atom is -0.395 e. The number of aliphatic hydroxyl groups is 1. The average Bonchev–Trinajstić information content (AvgIpc) is 3.36. The van der Waals surface area contributed by atoms with Crippen LogP contribution in [0.1, 0.15) is 41.8 Å². The Bertz CT molecular complexity index is 1160. The summed E-state index contributed by atoms with van der Waals surface area (Å²) in [4.78, 5) is 37.8. The summed E-state index contributed by atoms with van der Waals surface area (Å²) in [6, 6.07) is 5.01. The number of nitrogens with zero attached hydrogens (tertiary/aromatic N) is 6. The van der Waals surface area contributed by atoms with Crippen molar-refractivity contribution in [1.82, 2.24) is 23.8 Å². The van der Waals surface area contributed by atoms with E-state index >= 15 is 0 Å². The highest BCUT2D eigenvalue weighted by Gasteiger charge is 2.36. The maximum absolute atomic E-state index is 13.3. The summed E-state index contributed by atoms with van der Waals surface area (Å²) in [6.45, 7) is 5.76. The molecule has 9 nitrogen and oxygen atoms in total. The smallest absolute Gasteiger partial charge is 0.254 e. The number of aromatic nitrogens is 4. The van der Waals surface area contributed by atoms with Crippen LogP contribution in [-0.4, -0.2) is 60.4 Å². The molecule has 168 valence electrons. The quantitative estimate of drug-likeness (QED) is 0.630.